The fourth-order valence-electron chi connectivity index (χ4n) is 1.56. The molecule has 2 aromatic rings. The Hall–Kier alpha value is -2.50. The Morgan fingerprint density at radius 3 is 2.89 bits per heavy atom. The summed E-state index contributed by atoms with van der Waals surface area (Å²) in [5.74, 6) is -0.850. The Morgan fingerprint density at radius 1 is 1.32 bits per heavy atom. The van der Waals surface area contributed by atoms with Crippen molar-refractivity contribution in [3.8, 4) is 0 Å². The first-order valence-corrected chi connectivity index (χ1v) is 5.73. The summed E-state index contributed by atoms with van der Waals surface area (Å²) in [6.07, 6.45) is 1.50. The second-order valence-electron chi connectivity index (χ2n) is 3.85. The average Bonchev–Trinajstić information content (AvgIpc) is 2.41. The summed E-state index contributed by atoms with van der Waals surface area (Å²) in [5, 5.41) is 6.45. The highest BCUT2D eigenvalue weighted by Crippen LogP contribution is 2.02. The van der Waals surface area contributed by atoms with Gasteiger partial charge in [-0.1, -0.05) is 6.07 Å². The van der Waals surface area contributed by atoms with Crippen molar-refractivity contribution in [2.24, 2.45) is 0 Å². The zero-order valence-corrected chi connectivity index (χ0v) is 10.0. The minimum absolute atomic E-state index is 0.234. The summed E-state index contributed by atoms with van der Waals surface area (Å²) >= 11 is 0. The van der Waals surface area contributed by atoms with Gasteiger partial charge >= 0.3 is 0 Å². The van der Waals surface area contributed by atoms with Crippen molar-refractivity contribution in [2.75, 3.05) is 6.54 Å². The van der Waals surface area contributed by atoms with E-state index in [9.17, 15) is 14.0 Å². The highest BCUT2D eigenvalue weighted by molar-refractivity contribution is 5.94. The third kappa shape index (κ3) is 3.48. The van der Waals surface area contributed by atoms with Crippen LogP contribution in [-0.4, -0.2) is 22.2 Å². The van der Waals surface area contributed by atoms with E-state index in [0.717, 1.165) is 6.07 Å². The Morgan fingerprint density at radius 2 is 2.16 bits per heavy atom. The predicted octanol–water partition coefficient (Wildman–Crippen LogP) is 0.812. The highest BCUT2D eigenvalue weighted by Gasteiger charge is 2.05. The third-order valence-electron chi connectivity index (χ3n) is 2.48. The second-order valence-corrected chi connectivity index (χ2v) is 3.85. The molecule has 0 aliphatic carbocycles. The molecule has 0 spiro atoms. The molecule has 0 atom stereocenters. The molecule has 19 heavy (non-hydrogen) atoms. The largest absolute Gasteiger partial charge is 0.350 e. The van der Waals surface area contributed by atoms with E-state index >= 15 is 0 Å². The van der Waals surface area contributed by atoms with E-state index in [1.54, 1.807) is 6.07 Å². The van der Waals surface area contributed by atoms with Gasteiger partial charge in [0.15, 0.2) is 0 Å². The van der Waals surface area contributed by atoms with Crippen molar-refractivity contribution in [2.45, 2.75) is 6.54 Å². The Kier molecular flexibility index (Phi) is 4.02. The lowest BCUT2D eigenvalue weighted by atomic mass is 10.2. The topological polar surface area (TPSA) is 64.0 Å². The molecule has 1 aromatic heterocycles. The summed E-state index contributed by atoms with van der Waals surface area (Å²) in [5.41, 5.74) is 0.0101. The van der Waals surface area contributed by atoms with E-state index in [0.29, 0.717) is 0 Å². The molecule has 5 nitrogen and oxygen atoms in total. The first kappa shape index (κ1) is 12.9. The molecule has 1 N–H and O–H groups in total. The van der Waals surface area contributed by atoms with Crippen LogP contribution < -0.4 is 10.9 Å². The summed E-state index contributed by atoms with van der Waals surface area (Å²) < 4.78 is 14.2. The number of amides is 1. The number of hydrogen-bond acceptors (Lipinski definition) is 3. The summed E-state index contributed by atoms with van der Waals surface area (Å²) in [6, 6.07) is 8.34. The van der Waals surface area contributed by atoms with Crippen LogP contribution in [0.2, 0.25) is 0 Å². The van der Waals surface area contributed by atoms with Crippen molar-refractivity contribution in [1.82, 2.24) is 15.1 Å². The highest BCUT2D eigenvalue weighted by atomic mass is 19.1. The number of aromatic nitrogens is 2. The van der Waals surface area contributed by atoms with Gasteiger partial charge in [-0.05, 0) is 24.3 Å². The van der Waals surface area contributed by atoms with E-state index in [-0.39, 0.29) is 30.1 Å². The molecule has 0 saturated heterocycles. The smallest absolute Gasteiger partial charge is 0.266 e. The van der Waals surface area contributed by atoms with Crippen LogP contribution in [0.5, 0.6) is 0 Å². The van der Waals surface area contributed by atoms with Crippen molar-refractivity contribution < 1.29 is 9.18 Å². The number of carbonyl (C=O) groups excluding carboxylic acids is 1. The van der Waals surface area contributed by atoms with E-state index in [1.807, 2.05) is 0 Å². The number of halogens is 1. The number of nitrogens with one attached hydrogen (secondary N) is 1. The summed E-state index contributed by atoms with van der Waals surface area (Å²) in [4.78, 5) is 23.0. The van der Waals surface area contributed by atoms with E-state index in [2.05, 4.69) is 10.4 Å². The number of hydrogen-bond donors (Lipinski definition) is 1. The quantitative estimate of drug-likeness (QED) is 0.886. The molecule has 6 heteroatoms. The normalized spacial score (nSPS) is 10.2. The Balaban J connectivity index is 1.91. The fraction of sp³-hybridized carbons (Fsp3) is 0.154. The number of benzene rings is 1. The molecule has 1 aromatic carbocycles. The van der Waals surface area contributed by atoms with Gasteiger partial charge < -0.3 is 5.32 Å². The molecule has 0 saturated carbocycles. The maximum absolute atomic E-state index is 12.9. The molecular formula is C13H12FN3O2. The van der Waals surface area contributed by atoms with E-state index < -0.39 is 5.82 Å². The van der Waals surface area contributed by atoms with E-state index in [1.165, 1.54) is 35.1 Å². The van der Waals surface area contributed by atoms with Gasteiger partial charge in [0.05, 0.1) is 6.54 Å². The van der Waals surface area contributed by atoms with Crippen LogP contribution in [0.25, 0.3) is 0 Å². The maximum Gasteiger partial charge on any atom is 0.266 e. The fourth-order valence-corrected chi connectivity index (χ4v) is 1.56. The van der Waals surface area contributed by atoms with E-state index in [4.69, 9.17) is 0 Å². The lowest BCUT2D eigenvalue weighted by Gasteiger charge is -2.06. The van der Waals surface area contributed by atoms with Gasteiger partial charge in [-0.3, -0.25) is 9.59 Å². The van der Waals surface area contributed by atoms with Crippen molar-refractivity contribution >= 4 is 5.91 Å². The number of rotatable bonds is 4. The molecule has 2 rings (SSSR count). The van der Waals surface area contributed by atoms with Crippen LogP contribution in [0.3, 0.4) is 0 Å². The van der Waals surface area contributed by atoms with Gasteiger partial charge in [0.2, 0.25) is 0 Å². The van der Waals surface area contributed by atoms with Crippen molar-refractivity contribution in [1.29, 1.82) is 0 Å². The molecule has 1 heterocycles. The minimum Gasteiger partial charge on any atom is -0.350 e. The standard InChI is InChI=1S/C13H12FN3O2/c14-11-4-1-3-10(9-11)13(19)15-7-8-17-12(18)5-2-6-16-17/h1-6,9H,7-8H2,(H,15,19). The molecule has 0 radical (unpaired) electrons. The summed E-state index contributed by atoms with van der Waals surface area (Å²) in [6.45, 7) is 0.507. The zero-order chi connectivity index (χ0) is 13.7. The van der Waals surface area contributed by atoms with Gasteiger partial charge in [0, 0.05) is 24.4 Å². The SMILES string of the molecule is O=C(NCCn1ncccc1=O)c1cccc(F)c1. The zero-order valence-electron chi connectivity index (χ0n) is 10.0. The van der Waals surface area contributed by atoms with Gasteiger partial charge in [-0.2, -0.15) is 5.10 Å². The molecule has 1 amide bonds. The minimum atomic E-state index is -0.464. The van der Waals surface area contributed by atoms with Crippen LogP contribution in [-0.2, 0) is 6.54 Å². The molecule has 0 aliphatic heterocycles. The third-order valence-corrected chi connectivity index (χ3v) is 2.48. The van der Waals surface area contributed by atoms with Gasteiger partial charge in [-0.25, -0.2) is 9.07 Å². The monoisotopic (exact) mass is 261 g/mol. The van der Waals surface area contributed by atoms with Gasteiger partial charge in [-0.15, -0.1) is 0 Å². The molecule has 0 bridgehead atoms. The average molecular weight is 261 g/mol. The molecule has 0 unspecified atom stereocenters. The van der Waals surface area contributed by atoms with Crippen molar-refractivity contribution in [3.63, 3.8) is 0 Å². The van der Waals surface area contributed by atoms with Crippen LogP contribution in [0, 0.1) is 5.82 Å². The first-order valence-electron chi connectivity index (χ1n) is 5.73. The number of nitrogens with zero attached hydrogens (tertiary/aromatic N) is 2. The van der Waals surface area contributed by atoms with Crippen LogP contribution in [0.4, 0.5) is 4.39 Å². The number of carbonyl (C=O) groups is 1. The first-order chi connectivity index (χ1) is 9.16. The molecule has 0 aliphatic rings. The second kappa shape index (κ2) is 5.90. The molecular weight excluding hydrogens is 249 g/mol. The van der Waals surface area contributed by atoms with Crippen LogP contribution >= 0.6 is 0 Å². The van der Waals surface area contributed by atoms with Crippen LogP contribution in [0.1, 0.15) is 10.4 Å². The lowest BCUT2D eigenvalue weighted by molar-refractivity contribution is 0.0951. The van der Waals surface area contributed by atoms with Crippen molar-refractivity contribution in [3.05, 3.63) is 64.3 Å². The van der Waals surface area contributed by atoms with Gasteiger partial charge in [0.1, 0.15) is 5.82 Å². The molecule has 98 valence electrons. The molecule has 0 fully saturated rings. The maximum atomic E-state index is 12.9. The van der Waals surface area contributed by atoms with Crippen LogP contribution in [0.15, 0.2) is 47.4 Å². The van der Waals surface area contributed by atoms with Gasteiger partial charge in [0.25, 0.3) is 11.5 Å². The predicted molar refractivity (Wildman–Crippen MR) is 67.2 cm³/mol. The Labute approximate surface area is 108 Å². The Bertz CT molecular complexity index is 640. The lowest BCUT2D eigenvalue weighted by Crippen LogP contribution is -2.31. The summed E-state index contributed by atoms with van der Waals surface area (Å²) in [7, 11) is 0.